The van der Waals surface area contributed by atoms with Crippen LogP contribution in [0.4, 0.5) is 0 Å². The number of ether oxygens (including phenoxy) is 2. The van der Waals surface area contributed by atoms with E-state index in [1.807, 2.05) is 0 Å². The van der Waals surface area contributed by atoms with Crippen molar-refractivity contribution in [1.29, 1.82) is 0 Å². The number of methoxy groups -OCH3 is 1. The Morgan fingerprint density at radius 3 is 2.20 bits per heavy atom. The molecule has 1 aromatic rings. The quantitative estimate of drug-likeness (QED) is 0.487. The van der Waals surface area contributed by atoms with E-state index in [2.05, 4.69) is 4.98 Å². The standard InChI is InChI=1S/C27H36N2O6/c1-14-21(25(32)34-4)15(2)28-22(14)23(30)16(3)35-24(31)20-6-5-7-29(20)26(33)27-11-17-8-18(12-27)10-19(9-17)13-27/h16-20,28H,5-13H2,1-4H3. The van der Waals surface area contributed by atoms with Gasteiger partial charge in [-0.3, -0.25) is 9.59 Å². The lowest BCUT2D eigenvalue weighted by Gasteiger charge is -2.56. The van der Waals surface area contributed by atoms with Crippen LogP contribution < -0.4 is 0 Å². The van der Waals surface area contributed by atoms with Crippen LogP contribution in [0.1, 0.15) is 90.4 Å². The van der Waals surface area contributed by atoms with Crippen LogP contribution in [0.5, 0.6) is 0 Å². The molecule has 8 nitrogen and oxygen atoms in total. The van der Waals surface area contributed by atoms with E-state index in [1.54, 1.807) is 18.7 Å². The summed E-state index contributed by atoms with van der Waals surface area (Å²) >= 11 is 0. The van der Waals surface area contributed by atoms with E-state index in [0.29, 0.717) is 47.5 Å². The predicted molar refractivity (Wildman–Crippen MR) is 127 cm³/mol. The minimum Gasteiger partial charge on any atom is -0.465 e. The normalized spacial score (nSPS) is 31.9. The average molecular weight is 485 g/mol. The van der Waals surface area contributed by atoms with Gasteiger partial charge in [-0.1, -0.05) is 0 Å². The van der Waals surface area contributed by atoms with Crippen molar-refractivity contribution in [2.24, 2.45) is 23.2 Å². The van der Waals surface area contributed by atoms with Gasteiger partial charge in [0.15, 0.2) is 6.10 Å². The number of hydrogen-bond acceptors (Lipinski definition) is 6. The highest BCUT2D eigenvalue weighted by Crippen LogP contribution is 2.60. The van der Waals surface area contributed by atoms with Crippen molar-refractivity contribution < 1.29 is 28.7 Å². The van der Waals surface area contributed by atoms with Crippen molar-refractivity contribution in [3.8, 4) is 0 Å². The van der Waals surface area contributed by atoms with Crippen LogP contribution in [-0.2, 0) is 19.1 Å². The van der Waals surface area contributed by atoms with Gasteiger partial charge in [-0.05, 0) is 95.5 Å². The molecule has 2 atom stereocenters. The lowest BCUT2D eigenvalue weighted by molar-refractivity contribution is -0.166. The Morgan fingerprint density at radius 1 is 1.03 bits per heavy atom. The number of amides is 1. The van der Waals surface area contributed by atoms with Crippen LogP contribution in [-0.4, -0.2) is 59.3 Å². The second-order valence-corrected chi connectivity index (χ2v) is 11.4. The monoisotopic (exact) mass is 484 g/mol. The van der Waals surface area contributed by atoms with Gasteiger partial charge in [0, 0.05) is 12.2 Å². The van der Waals surface area contributed by atoms with Crippen molar-refractivity contribution in [3.05, 3.63) is 22.5 Å². The van der Waals surface area contributed by atoms with Crippen molar-refractivity contribution in [1.82, 2.24) is 9.88 Å². The molecular formula is C27H36N2O6. The maximum atomic E-state index is 13.8. The van der Waals surface area contributed by atoms with E-state index in [9.17, 15) is 19.2 Å². The number of nitrogens with one attached hydrogen (secondary N) is 1. The number of likely N-dealkylation sites (tertiary alicyclic amines) is 1. The van der Waals surface area contributed by atoms with Gasteiger partial charge in [-0.25, -0.2) is 9.59 Å². The van der Waals surface area contributed by atoms with Crippen molar-refractivity contribution in [3.63, 3.8) is 0 Å². The third-order valence-electron chi connectivity index (χ3n) is 9.01. The molecule has 35 heavy (non-hydrogen) atoms. The smallest absolute Gasteiger partial charge is 0.339 e. The molecule has 0 spiro atoms. The molecule has 190 valence electrons. The van der Waals surface area contributed by atoms with Crippen LogP contribution in [0.3, 0.4) is 0 Å². The highest BCUT2D eigenvalue weighted by molar-refractivity contribution is 6.04. The summed E-state index contributed by atoms with van der Waals surface area (Å²) in [6.07, 6.45) is 6.92. The number of aryl methyl sites for hydroxylation is 1. The lowest BCUT2D eigenvalue weighted by Crippen LogP contribution is -2.56. The molecule has 1 aromatic heterocycles. The second kappa shape index (κ2) is 8.79. The Labute approximate surface area is 206 Å². The SMILES string of the molecule is COC(=O)c1c(C)[nH]c(C(=O)C(C)OC(=O)C2CCCN2C(=O)C23CC4CC(CC(C4)C2)C3)c1C. The van der Waals surface area contributed by atoms with E-state index in [4.69, 9.17) is 9.47 Å². The molecule has 0 aromatic carbocycles. The Morgan fingerprint density at radius 2 is 1.63 bits per heavy atom. The summed E-state index contributed by atoms with van der Waals surface area (Å²) in [6, 6.07) is -0.636. The van der Waals surface area contributed by atoms with Gasteiger partial charge in [0.25, 0.3) is 0 Å². The van der Waals surface area contributed by atoms with Gasteiger partial charge in [0.1, 0.15) is 6.04 Å². The molecule has 5 fully saturated rings. The van der Waals surface area contributed by atoms with Gasteiger partial charge in [-0.15, -0.1) is 0 Å². The van der Waals surface area contributed by atoms with Crippen molar-refractivity contribution in [2.45, 2.75) is 84.3 Å². The first-order valence-electron chi connectivity index (χ1n) is 13.0. The molecule has 2 unspecified atom stereocenters. The van der Waals surface area contributed by atoms with Crippen LogP contribution in [0.25, 0.3) is 0 Å². The molecular weight excluding hydrogens is 448 g/mol. The Bertz CT molecular complexity index is 1040. The summed E-state index contributed by atoms with van der Waals surface area (Å²) in [5.74, 6) is 0.634. The van der Waals surface area contributed by atoms with E-state index in [1.165, 1.54) is 33.3 Å². The van der Waals surface area contributed by atoms with E-state index in [-0.39, 0.29) is 17.0 Å². The van der Waals surface area contributed by atoms with E-state index in [0.717, 1.165) is 25.7 Å². The van der Waals surface area contributed by atoms with Crippen LogP contribution in [0.2, 0.25) is 0 Å². The highest BCUT2D eigenvalue weighted by atomic mass is 16.5. The summed E-state index contributed by atoms with van der Waals surface area (Å²) in [4.78, 5) is 56.9. The summed E-state index contributed by atoms with van der Waals surface area (Å²) in [6.45, 7) is 5.47. The molecule has 0 radical (unpaired) electrons. The number of esters is 2. The number of aromatic amines is 1. The fraction of sp³-hybridized carbons (Fsp3) is 0.704. The van der Waals surface area contributed by atoms with Gasteiger partial charge < -0.3 is 19.4 Å². The van der Waals surface area contributed by atoms with Crippen LogP contribution in [0, 0.1) is 37.0 Å². The van der Waals surface area contributed by atoms with Crippen molar-refractivity contribution in [2.75, 3.05) is 13.7 Å². The summed E-state index contributed by atoms with van der Waals surface area (Å²) < 4.78 is 10.4. The average Bonchev–Trinajstić information content (AvgIpc) is 3.41. The van der Waals surface area contributed by atoms with Crippen molar-refractivity contribution >= 4 is 23.6 Å². The molecule has 1 aliphatic heterocycles. The highest BCUT2D eigenvalue weighted by Gasteiger charge is 2.57. The zero-order chi connectivity index (χ0) is 25.1. The zero-order valence-corrected chi connectivity index (χ0v) is 21.1. The van der Waals surface area contributed by atoms with Gasteiger partial charge in [-0.2, -0.15) is 0 Å². The fourth-order valence-corrected chi connectivity index (χ4v) is 7.85. The Balaban J connectivity index is 1.28. The maximum absolute atomic E-state index is 13.8. The molecule has 1 saturated heterocycles. The van der Waals surface area contributed by atoms with E-state index < -0.39 is 29.9 Å². The number of nitrogens with zero attached hydrogens (tertiary/aromatic N) is 1. The first-order valence-corrected chi connectivity index (χ1v) is 13.0. The Hall–Kier alpha value is -2.64. The predicted octanol–water partition coefficient (Wildman–Crippen LogP) is 3.74. The number of H-pyrrole nitrogens is 1. The number of aromatic nitrogens is 1. The molecule has 5 aliphatic rings. The fourth-order valence-electron chi connectivity index (χ4n) is 7.85. The molecule has 1 amide bonds. The first-order chi connectivity index (χ1) is 16.6. The summed E-state index contributed by atoms with van der Waals surface area (Å²) in [5.41, 5.74) is 1.25. The molecule has 6 rings (SSSR count). The number of carbonyl (C=O) groups excluding carboxylic acids is 4. The molecule has 1 N–H and O–H groups in total. The second-order valence-electron chi connectivity index (χ2n) is 11.4. The summed E-state index contributed by atoms with van der Waals surface area (Å²) in [5, 5.41) is 0. The maximum Gasteiger partial charge on any atom is 0.339 e. The molecule has 8 heteroatoms. The number of hydrogen-bond donors (Lipinski definition) is 1. The summed E-state index contributed by atoms with van der Waals surface area (Å²) in [7, 11) is 1.29. The van der Waals surface area contributed by atoms with Gasteiger partial charge in [0.2, 0.25) is 11.7 Å². The minimum absolute atomic E-state index is 0.133. The lowest BCUT2D eigenvalue weighted by atomic mass is 9.49. The number of Topliss-reactive ketones (excluding diaryl/α,β-unsaturated/α-hetero) is 1. The third kappa shape index (κ3) is 3.99. The molecule has 4 saturated carbocycles. The zero-order valence-electron chi connectivity index (χ0n) is 21.1. The van der Waals surface area contributed by atoms with Crippen LogP contribution in [0.15, 0.2) is 0 Å². The topological polar surface area (TPSA) is 106 Å². The number of rotatable bonds is 6. The molecule has 2 heterocycles. The van der Waals surface area contributed by atoms with Gasteiger partial charge in [0.05, 0.1) is 23.8 Å². The minimum atomic E-state index is -1.04. The van der Waals surface area contributed by atoms with Crippen LogP contribution >= 0.6 is 0 Å². The molecule has 4 aliphatic carbocycles. The molecule has 4 bridgehead atoms. The first kappa shape index (κ1) is 24.1. The third-order valence-corrected chi connectivity index (χ3v) is 9.01. The van der Waals surface area contributed by atoms with Gasteiger partial charge >= 0.3 is 11.9 Å². The number of carbonyl (C=O) groups is 4. The van der Waals surface area contributed by atoms with E-state index >= 15 is 0 Å². The number of ketones is 1. The Kier molecular flexibility index (Phi) is 6.04. The largest absolute Gasteiger partial charge is 0.465 e.